The maximum Gasteiger partial charge on any atom is 0.321 e. The van der Waals surface area contributed by atoms with Gasteiger partial charge in [-0.15, -0.1) is 0 Å². The van der Waals surface area contributed by atoms with Gasteiger partial charge in [0.2, 0.25) is 0 Å². The lowest BCUT2D eigenvalue weighted by Gasteiger charge is -2.10. The van der Waals surface area contributed by atoms with Crippen LogP contribution in [-0.2, 0) is 9.59 Å². The summed E-state index contributed by atoms with van der Waals surface area (Å²) in [6, 6.07) is -1.08. The third-order valence-corrected chi connectivity index (χ3v) is 1.40. The Labute approximate surface area is 75.2 Å². The highest BCUT2D eigenvalue weighted by molar-refractivity contribution is 5.80. The van der Waals surface area contributed by atoms with Crippen molar-refractivity contribution in [1.29, 1.82) is 0 Å². The lowest BCUT2D eigenvalue weighted by molar-refractivity contribution is -0.145. The van der Waals surface area contributed by atoms with E-state index in [2.05, 4.69) is 5.32 Å². The molecule has 13 heavy (non-hydrogen) atoms. The molecule has 1 unspecified atom stereocenters. The number of carboxylic acids is 2. The highest BCUT2D eigenvalue weighted by Gasteiger charge is 2.19. The van der Waals surface area contributed by atoms with Crippen molar-refractivity contribution >= 4 is 11.9 Å². The third-order valence-electron chi connectivity index (χ3n) is 1.40. The van der Waals surface area contributed by atoms with Crippen LogP contribution >= 0.6 is 0 Å². The molecule has 1 atom stereocenters. The van der Waals surface area contributed by atoms with Crippen molar-refractivity contribution in [2.45, 2.75) is 18.9 Å². The summed E-state index contributed by atoms with van der Waals surface area (Å²) in [5.41, 5.74) is 0. The SMILES string of the molecule is O=C(O)CC(NCCCO)C(=O)O. The molecule has 6 heteroatoms. The smallest absolute Gasteiger partial charge is 0.321 e. The summed E-state index contributed by atoms with van der Waals surface area (Å²) in [5.74, 6) is -2.36. The third kappa shape index (κ3) is 6.06. The minimum Gasteiger partial charge on any atom is -0.481 e. The number of aliphatic hydroxyl groups excluding tert-OH is 1. The van der Waals surface area contributed by atoms with Gasteiger partial charge in [-0.1, -0.05) is 0 Å². The van der Waals surface area contributed by atoms with Crippen molar-refractivity contribution in [3.05, 3.63) is 0 Å². The van der Waals surface area contributed by atoms with Crippen molar-refractivity contribution in [3.63, 3.8) is 0 Å². The van der Waals surface area contributed by atoms with Gasteiger partial charge in [0.15, 0.2) is 0 Å². The number of aliphatic hydroxyl groups is 1. The first-order valence-electron chi connectivity index (χ1n) is 3.86. The molecule has 6 nitrogen and oxygen atoms in total. The molecule has 0 aromatic rings. The van der Waals surface area contributed by atoms with Crippen LogP contribution in [0.3, 0.4) is 0 Å². The molecule has 0 fully saturated rings. The van der Waals surface area contributed by atoms with E-state index in [-0.39, 0.29) is 6.61 Å². The summed E-state index contributed by atoms with van der Waals surface area (Å²) in [4.78, 5) is 20.6. The highest BCUT2D eigenvalue weighted by Crippen LogP contribution is 1.92. The zero-order valence-corrected chi connectivity index (χ0v) is 7.06. The molecule has 0 spiro atoms. The average molecular weight is 191 g/mol. The standard InChI is InChI=1S/C7H13NO5/c9-3-1-2-8-5(7(12)13)4-6(10)11/h5,8-9H,1-4H2,(H,10,11)(H,12,13). The van der Waals surface area contributed by atoms with E-state index in [0.29, 0.717) is 13.0 Å². The van der Waals surface area contributed by atoms with Crippen LogP contribution in [0.15, 0.2) is 0 Å². The average Bonchev–Trinajstić information content (AvgIpc) is 2.02. The first-order valence-corrected chi connectivity index (χ1v) is 3.86. The van der Waals surface area contributed by atoms with Crippen LogP contribution in [0, 0.1) is 0 Å². The molecule has 0 aromatic carbocycles. The summed E-state index contributed by atoms with van der Waals surface area (Å²) < 4.78 is 0. The van der Waals surface area contributed by atoms with Gasteiger partial charge < -0.3 is 20.6 Å². The topological polar surface area (TPSA) is 107 Å². The number of rotatable bonds is 7. The van der Waals surface area contributed by atoms with Crippen molar-refractivity contribution in [2.75, 3.05) is 13.2 Å². The summed E-state index contributed by atoms with van der Waals surface area (Å²) in [7, 11) is 0. The minimum absolute atomic E-state index is 0.0492. The van der Waals surface area contributed by atoms with E-state index in [1.807, 2.05) is 0 Å². The first-order chi connectivity index (χ1) is 6.07. The maximum absolute atomic E-state index is 10.4. The minimum atomic E-state index is -1.19. The van der Waals surface area contributed by atoms with E-state index < -0.39 is 24.4 Å². The van der Waals surface area contributed by atoms with Crippen LogP contribution in [-0.4, -0.2) is 46.5 Å². The molecule has 4 N–H and O–H groups in total. The molecule has 0 saturated carbocycles. The first kappa shape index (κ1) is 11.9. The fourth-order valence-electron chi connectivity index (χ4n) is 0.777. The molecule has 0 radical (unpaired) electrons. The number of carbonyl (C=O) groups is 2. The molecular weight excluding hydrogens is 178 g/mol. The zero-order chi connectivity index (χ0) is 10.3. The molecule has 0 aromatic heterocycles. The number of nitrogens with one attached hydrogen (secondary N) is 1. The Morgan fingerprint density at radius 2 is 1.92 bits per heavy atom. The van der Waals surface area contributed by atoms with E-state index in [9.17, 15) is 9.59 Å². The fraction of sp³-hybridized carbons (Fsp3) is 0.714. The molecule has 0 saturated heterocycles. The van der Waals surface area contributed by atoms with Crippen LogP contribution in [0.5, 0.6) is 0 Å². The van der Waals surface area contributed by atoms with Crippen molar-refractivity contribution in [1.82, 2.24) is 5.32 Å². The normalized spacial score (nSPS) is 12.4. The van der Waals surface area contributed by atoms with E-state index in [1.165, 1.54) is 0 Å². The quantitative estimate of drug-likeness (QED) is 0.380. The second-order valence-electron chi connectivity index (χ2n) is 2.52. The Hall–Kier alpha value is -1.14. The molecule has 0 amide bonds. The van der Waals surface area contributed by atoms with Crippen molar-refractivity contribution in [2.24, 2.45) is 0 Å². The van der Waals surface area contributed by atoms with Crippen LogP contribution in [0.2, 0.25) is 0 Å². The van der Waals surface area contributed by atoms with Gasteiger partial charge in [-0.3, -0.25) is 9.59 Å². The van der Waals surface area contributed by atoms with Crippen LogP contribution in [0.25, 0.3) is 0 Å². The van der Waals surface area contributed by atoms with Gasteiger partial charge in [0, 0.05) is 6.61 Å². The molecule has 0 aliphatic carbocycles. The summed E-state index contributed by atoms with van der Waals surface area (Å²) >= 11 is 0. The van der Waals surface area contributed by atoms with E-state index in [4.69, 9.17) is 15.3 Å². The Kier molecular flexibility index (Phi) is 5.82. The van der Waals surface area contributed by atoms with Gasteiger partial charge >= 0.3 is 11.9 Å². The number of hydrogen-bond acceptors (Lipinski definition) is 4. The lowest BCUT2D eigenvalue weighted by Crippen LogP contribution is -2.39. The predicted molar refractivity (Wildman–Crippen MR) is 43.4 cm³/mol. The Morgan fingerprint density at radius 3 is 2.31 bits per heavy atom. The van der Waals surface area contributed by atoms with Gasteiger partial charge in [0.25, 0.3) is 0 Å². The van der Waals surface area contributed by atoms with Crippen molar-refractivity contribution in [3.8, 4) is 0 Å². The number of aliphatic carboxylic acids is 2. The largest absolute Gasteiger partial charge is 0.481 e. The lowest BCUT2D eigenvalue weighted by atomic mass is 10.2. The monoisotopic (exact) mass is 191 g/mol. The second kappa shape index (κ2) is 6.38. The highest BCUT2D eigenvalue weighted by atomic mass is 16.4. The summed E-state index contributed by atoms with van der Waals surface area (Å²) in [6.45, 7) is 0.243. The molecule has 0 bridgehead atoms. The predicted octanol–water partition coefficient (Wildman–Crippen LogP) is -1.11. The van der Waals surface area contributed by atoms with E-state index in [0.717, 1.165) is 0 Å². The zero-order valence-electron chi connectivity index (χ0n) is 7.06. The van der Waals surface area contributed by atoms with Crippen molar-refractivity contribution < 1.29 is 24.9 Å². The number of carboxylic acid groups (broad SMARTS) is 2. The summed E-state index contributed by atoms with van der Waals surface area (Å²) in [5, 5.41) is 27.8. The van der Waals surface area contributed by atoms with Gasteiger partial charge in [0.1, 0.15) is 6.04 Å². The van der Waals surface area contributed by atoms with Gasteiger partial charge in [0.05, 0.1) is 6.42 Å². The summed E-state index contributed by atoms with van der Waals surface area (Å²) in [6.07, 6.45) is -0.0514. The Balaban J connectivity index is 3.81. The number of hydrogen-bond donors (Lipinski definition) is 4. The van der Waals surface area contributed by atoms with Crippen LogP contribution in [0.1, 0.15) is 12.8 Å². The van der Waals surface area contributed by atoms with Gasteiger partial charge in [-0.05, 0) is 13.0 Å². The molecule has 76 valence electrons. The Bertz CT molecular complexity index is 182. The fourth-order valence-corrected chi connectivity index (χ4v) is 0.777. The molecule has 0 heterocycles. The van der Waals surface area contributed by atoms with Crippen LogP contribution < -0.4 is 5.32 Å². The van der Waals surface area contributed by atoms with E-state index in [1.54, 1.807) is 0 Å². The Morgan fingerprint density at radius 1 is 1.31 bits per heavy atom. The van der Waals surface area contributed by atoms with Gasteiger partial charge in [-0.25, -0.2) is 0 Å². The molecular formula is C7H13NO5. The van der Waals surface area contributed by atoms with Gasteiger partial charge in [-0.2, -0.15) is 0 Å². The molecule has 0 aliphatic heterocycles. The van der Waals surface area contributed by atoms with E-state index >= 15 is 0 Å². The van der Waals surface area contributed by atoms with Crippen LogP contribution in [0.4, 0.5) is 0 Å². The maximum atomic E-state index is 10.4. The second-order valence-corrected chi connectivity index (χ2v) is 2.52. The molecule has 0 aliphatic rings. The molecule has 0 rings (SSSR count).